The fraction of sp³-hybridized carbons (Fsp3) is 0.143. The number of hydrogen-bond donors (Lipinski definition) is 0. The zero-order chi connectivity index (χ0) is 13.4. The Labute approximate surface area is 118 Å². The first-order valence-electron chi connectivity index (χ1n) is 5.82. The van der Waals surface area contributed by atoms with Crippen molar-refractivity contribution >= 4 is 21.8 Å². The highest BCUT2D eigenvalue weighted by Gasteiger charge is 2.28. The van der Waals surface area contributed by atoms with Gasteiger partial charge in [-0.3, -0.25) is 9.78 Å². The van der Waals surface area contributed by atoms with Crippen LogP contribution in [0.1, 0.15) is 21.6 Å². The number of pyridine rings is 1. The summed E-state index contributed by atoms with van der Waals surface area (Å²) >= 11 is 3.21. The summed E-state index contributed by atoms with van der Waals surface area (Å²) < 4.78 is 14.5. The Kier molecular flexibility index (Phi) is 3.06. The van der Waals surface area contributed by atoms with Crippen LogP contribution in [0.5, 0.6) is 0 Å². The highest BCUT2D eigenvalue weighted by Crippen LogP contribution is 2.24. The van der Waals surface area contributed by atoms with Crippen molar-refractivity contribution in [3.05, 3.63) is 63.6 Å². The van der Waals surface area contributed by atoms with Crippen molar-refractivity contribution in [2.45, 2.75) is 13.1 Å². The van der Waals surface area contributed by atoms with Crippen LogP contribution in [0.25, 0.3) is 0 Å². The fourth-order valence-electron chi connectivity index (χ4n) is 2.17. The van der Waals surface area contributed by atoms with Crippen LogP contribution in [0.4, 0.5) is 4.39 Å². The molecule has 0 bridgehead atoms. The summed E-state index contributed by atoms with van der Waals surface area (Å²) in [5.41, 5.74) is 1.87. The van der Waals surface area contributed by atoms with E-state index in [1.165, 1.54) is 6.07 Å². The number of rotatable bonds is 2. The second-order valence-corrected chi connectivity index (χ2v) is 5.32. The highest BCUT2D eigenvalue weighted by atomic mass is 79.9. The Hall–Kier alpha value is -1.75. The molecule has 0 unspecified atom stereocenters. The second-order valence-electron chi connectivity index (χ2n) is 4.41. The predicted molar refractivity (Wildman–Crippen MR) is 71.9 cm³/mol. The maximum Gasteiger partial charge on any atom is 0.273 e. The summed E-state index contributed by atoms with van der Waals surface area (Å²) in [6.07, 6.45) is 1.60. The molecule has 1 aromatic heterocycles. The monoisotopic (exact) mass is 320 g/mol. The number of aromatic nitrogens is 1. The summed E-state index contributed by atoms with van der Waals surface area (Å²) in [5.74, 6) is -0.455. The molecule has 2 aromatic rings. The van der Waals surface area contributed by atoms with Crippen molar-refractivity contribution in [3.8, 4) is 0 Å². The number of carbonyl (C=O) groups excluding carboxylic acids is 1. The normalized spacial score (nSPS) is 13.8. The summed E-state index contributed by atoms with van der Waals surface area (Å²) in [6.45, 7) is 0.742. The van der Waals surface area contributed by atoms with Gasteiger partial charge >= 0.3 is 0 Å². The number of benzene rings is 1. The number of hydrogen-bond acceptors (Lipinski definition) is 2. The molecule has 96 valence electrons. The molecule has 0 aliphatic carbocycles. The molecule has 0 saturated carbocycles. The molecule has 3 rings (SSSR count). The maximum absolute atomic E-state index is 13.8. The van der Waals surface area contributed by atoms with E-state index in [9.17, 15) is 9.18 Å². The van der Waals surface area contributed by atoms with Gasteiger partial charge in [0.15, 0.2) is 0 Å². The van der Waals surface area contributed by atoms with Gasteiger partial charge in [0.1, 0.15) is 11.5 Å². The van der Waals surface area contributed by atoms with Crippen LogP contribution in [0.2, 0.25) is 0 Å². The van der Waals surface area contributed by atoms with Crippen LogP contribution < -0.4 is 0 Å². The zero-order valence-corrected chi connectivity index (χ0v) is 11.5. The van der Waals surface area contributed by atoms with Gasteiger partial charge in [0, 0.05) is 34.9 Å². The second kappa shape index (κ2) is 4.74. The molecule has 5 heteroatoms. The van der Waals surface area contributed by atoms with Crippen LogP contribution in [0, 0.1) is 5.82 Å². The molecular formula is C14H10BrFN2O. The molecule has 19 heavy (non-hydrogen) atoms. The van der Waals surface area contributed by atoms with E-state index in [4.69, 9.17) is 0 Å². The molecule has 1 aliphatic rings. The molecule has 1 aromatic carbocycles. The van der Waals surface area contributed by atoms with Crippen molar-refractivity contribution < 1.29 is 9.18 Å². The van der Waals surface area contributed by atoms with Gasteiger partial charge in [-0.2, -0.15) is 0 Å². The van der Waals surface area contributed by atoms with Crippen molar-refractivity contribution in [3.63, 3.8) is 0 Å². The van der Waals surface area contributed by atoms with Gasteiger partial charge in [-0.15, -0.1) is 0 Å². The van der Waals surface area contributed by atoms with Gasteiger partial charge < -0.3 is 4.90 Å². The van der Waals surface area contributed by atoms with E-state index in [0.717, 1.165) is 5.56 Å². The number of halogens is 2. The Morgan fingerprint density at radius 1 is 1.37 bits per heavy atom. The van der Waals surface area contributed by atoms with E-state index in [-0.39, 0.29) is 18.3 Å². The Balaban J connectivity index is 1.85. The summed E-state index contributed by atoms with van der Waals surface area (Å²) in [4.78, 5) is 17.8. The lowest BCUT2D eigenvalue weighted by Gasteiger charge is -2.15. The minimum atomic E-state index is -0.314. The third-order valence-electron chi connectivity index (χ3n) is 3.12. The van der Waals surface area contributed by atoms with E-state index in [0.29, 0.717) is 22.3 Å². The summed E-state index contributed by atoms with van der Waals surface area (Å²) in [6, 6.07) is 8.53. The van der Waals surface area contributed by atoms with Gasteiger partial charge in [0.2, 0.25) is 0 Å². The lowest BCUT2D eigenvalue weighted by atomic mass is 10.2. The first-order chi connectivity index (χ1) is 9.15. The Morgan fingerprint density at radius 3 is 2.95 bits per heavy atom. The molecule has 0 spiro atoms. The van der Waals surface area contributed by atoms with Crippen molar-refractivity contribution in [2.75, 3.05) is 0 Å². The Bertz CT molecular complexity index is 660. The Morgan fingerprint density at radius 2 is 2.21 bits per heavy atom. The van der Waals surface area contributed by atoms with E-state index in [2.05, 4.69) is 20.9 Å². The van der Waals surface area contributed by atoms with E-state index in [1.54, 1.807) is 29.3 Å². The quantitative estimate of drug-likeness (QED) is 0.851. The van der Waals surface area contributed by atoms with Gasteiger partial charge in [-0.1, -0.05) is 28.1 Å². The first-order valence-corrected chi connectivity index (χ1v) is 6.61. The third-order valence-corrected chi connectivity index (χ3v) is 3.61. The number of amides is 1. The van der Waals surface area contributed by atoms with Crippen LogP contribution in [-0.2, 0) is 13.1 Å². The lowest BCUT2D eigenvalue weighted by molar-refractivity contribution is 0.0761. The predicted octanol–water partition coefficient (Wildman–Crippen LogP) is 3.14. The first kappa shape index (κ1) is 12.3. The van der Waals surface area contributed by atoms with E-state index < -0.39 is 0 Å². The molecular weight excluding hydrogens is 311 g/mol. The molecule has 0 atom stereocenters. The third kappa shape index (κ3) is 2.26. The van der Waals surface area contributed by atoms with Gasteiger partial charge in [-0.05, 0) is 18.2 Å². The van der Waals surface area contributed by atoms with Crippen LogP contribution in [-0.4, -0.2) is 15.8 Å². The van der Waals surface area contributed by atoms with Crippen LogP contribution in [0.3, 0.4) is 0 Å². The molecule has 1 amide bonds. The van der Waals surface area contributed by atoms with Crippen molar-refractivity contribution in [2.24, 2.45) is 0 Å². The molecule has 2 heterocycles. The van der Waals surface area contributed by atoms with Gasteiger partial charge in [0.25, 0.3) is 5.91 Å². The van der Waals surface area contributed by atoms with Gasteiger partial charge in [-0.25, -0.2) is 4.39 Å². The molecule has 1 aliphatic heterocycles. The SMILES string of the molecule is O=C1c2ncccc2CN1Cc1ccc(Br)cc1F. The molecule has 0 radical (unpaired) electrons. The number of carbonyl (C=O) groups is 1. The fourth-order valence-corrected chi connectivity index (χ4v) is 2.50. The van der Waals surface area contributed by atoms with E-state index in [1.807, 2.05) is 6.07 Å². The van der Waals surface area contributed by atoms with Crippen molar-refractivity contribution in [1.82, 2.24) is 9.88 Å². The average Bonchev–Trinajstić information content (AvgIpc) is 2.70. The van der Waals surface area contributed by atoms with Gasteiger partial charge in [0.05, 0.1) is 0 Å². The lowest BCUT2D eigenvalue weighted by Crippen LogP contribution is -2.24. The molecule has 0 saturated heterocycles. The minimum absolute atomic E-state index is 0.141. The topological polar surface area (TPSA) is 33.2 Å². The van der Waals surface area contributed by atoms with E-state index >= 15 is 0 Å². The minimum Gasteiger partial charge on any atom is -0.328 e. The smallest absolute Gasteiger partial charge is 0.273 e. The summed E-state index contributed by atoms with van der Waals surface area (Å²) in [7, 11) is 0. The number of nitrogens with zero attached hydrogens (tertiary/aromatic N) is 2. The standard InChI is InChI=1S/C14H10BrFN2O/c15-11-4-3-9(12(16)6-11)7-18-8-10-2-1-5-17-13(10)14(18)19/h1-6H,7-8H2. The zero-order valence-electron chi connectivity index (χ0n) is 9.94. The average molecular weight is 321 g/mol. The molecule has 0 fully saturated rings. The highest BCUT2D eigenvalue weighted by molar-refractivity contribution is 9.10. The number of fused-ring (bicyclic) bond motifs is 1. The maximum atomic E-state index is 13.8. The largest absolute Gasteiger partial charge is 0.328 e. The molecule has 3 nitrogen and oxygen atoms in total. The van der Waals surface area contributed by atoms with Crippen LogP contribution in [0.15, 0.2) is 41.0 Å². The molecule has 0 N–H and O–H groups in total. The summed E-state index contributed by atoms with van der Waals surface area (Å²) in [5, 5.41) is 0. The van der Waals surface area contributed by atoms with Crippen LogP contribution >= 0.6 is 15.9 Å². The van der Waals surface area contributed by atoms with Crippen molar-refractivity contribution in [1.29, 1.82) is 0 Å².